The molecular formula is C57H72F3N5O9. The first-order chi connectivity index (χ1) is 34.3. The number of hydrogen-bond acceptors (Lipinski definition) is 12. The molecule has 1 aliphatic rings. The molecule has 0 radical (unpaired) electrons. The Balaban J connectivity index is 0.000000236. The van der Waals surface area contributed by atoms with Gasteiger partial charge in [-0.2, -0.15) is 13.2 Å². The Hall–Kier alpha value is -6.56. The van der Waals surface area contributed by atoms with E-state index >= 15 is 0 Å². The molecule has 1 fully saturated rings. The van der Waals surface area contributed by atoms with Gasteiger partial charge in [-0.15, -0.1) is 0 Å². The molecule has 74 heavy (non-hydrogen) atoms. The zero-order valence-electron chi connectivity index (χ0n) is 44.5. The molecule has 7 rings (SSSR count). The number of carbonyl (C=O) groups is 2. The number of carboxylic acid groups (broad SMARTS) is 1. The minimum absolute atomic E-state index is 0.0233. The number of aromatic carboxylic acids is 1. The Bertz CT molecular complexity index is 2790. The average Bonchev–Trinajstić information content (AvgIpc) is 3.88. The molecule has 6 aromatic rings. The Morgan fingerprint density at radius 2 is 1.26 bits per heavy atom. The number of ketones is 1. The van der Waals surface area contributed by atoms with Gasteiger partial charge >= 0.3 is 12.1 Å². The van der Waals surface area contributed by atoms with E-state index in [0.717, 1.165) is 24.0 Å². The molecule has 0 aliphatic carbocycles. The van der Waals surface area contributed by atoms with Crippen LogP contribution in [0.15, 0.2) is 104 Å². The van der Waals surface area contributed by atoms with Crippen LogP contribution >= 0.6 is 0 Å². The Morgan fingerprint density at radius 3 is 1.84 bits per heavy atom. The van der Waals surface area contributed by atoms with Crippen molar-refractivity contribution in [3.63, 3.8) is 0 Å². The molecular weight excluding hydrogens is 956 g/mol. The van der Waals surface area contributed by atoms with Crippen molar-refractivity contribution in [1.29, 1.82) is 0 Å². The molecule has 14 nitrogen and oxygen atoms in total. The van der Waals surface area contributed by atoms with Crippen LogP contribution in [0.2, 0.25) is 0 Å². The monoisotopic (exact) mass is 1030 g/mol. The molecule has 17 heteroatoms. The lowest BCUT2D eigenvalue weighted by atomic mass is 9.86. The number of aliphatic hydroxyl groups is 2. The number of fused-ring (bicyclic) bond motifs is 1. The van der Waals surface area contributed by atoms with Crippen molar-refractivity contribution in [2.75, 3.05) is 25.6 Å². The summed E-state index contributed by atoms with van der Waals surface area (Å²) in [4.78, 5) is 36.2. The van der Waals surface area contributed by atoms with Gasteiger partial charge in [0.2, 0.25) is 0 Å². The van der Waals surface area contributed by atoms with Gasteiger partial charge in [0.25, 0.3) is 0 Å². The summed E-state index contributed by atoms with van der Waals surface area (Å²) >= 11 is 0. The Morgan fingerprint density at radius 1 is 0.662 bits per heavy atom. The predicted octanol–water partition coefficient (Wildman–Crippen LogP) is 11.5. The van der Waals surface area contributed by atoms with Crippen molar-refractivity contribution in [3.8, 4) is 17.2 Å². The second kappa shape index (κ2) is 23.8. The molecule has 2 aromatic heterocycles. The maximum Gasteiger partial charge on any atom is 0.416 e. The number of benzene rings is 4. The summed E-state index contributed by atoms with van der Waals surface area (Å²) in [6.45, 7) is 25.9. The SMILES string of the molecule is CC(C)(C)COc1cc(C(C)(C)C)cc(C(F)(F)F)c1.CC(C)(C)COc1ccc(C(C)(C)C)cc1.Nc1ncnc2c1ncn2[C@@H]1O[C@H](COc2cccc(CCC(=O)c3ccccc3C(=O)O)c2)[C@@H](O)[C@H]1O. The summed E-state index contributed by atoms with van der Waals surface area (Å²) in [6, 6.07) is 25.6. The quantitative estimate of drug-likeness (QED) is 0.0797. The van der Waals surface area contributed by atoms with E-state index in [0.29, 0.717) is 35.5 Å². The van der Waals surface area contributed by atoms with Gasteiger partial charge < -0.3 is 40.0 Å². The molecule has 0 spiro atoms. The highest BCUT2D eigenvalue weighted by molar-refractivity contribution is 6.05. The fourth-order valence-corrected chi connectivity index (χ4v) is 7.36. The third kappa shape index (κ3) is 16.7. The molecule has 4 aromatic carbocycles. The number of ether oxygens (including phenoxy) is 4. The van der Waals surface area contributed by atoms with E-state index in [1.807, 2.05) is 47.6 Å². The van der Waals surface area contributed by atoms with Crippen molar-refractivity contribution < 1.29 is 57.0 Å². The molecule has 1 saturated heterocycles. The number of halogens is 3. The van der Waals surface area contributed by atoms with Gasteiger partial charge in [0, 0.05) is 12.0 Å². The number of carboxylic acids is 1. The molecule has 0 unspecified atom stereocenters. The maximum atomic E-state index is 13.0. The summed E-state index contributed by atoms with van der Waals surface area (Å²) in [6.07, 6.45) is -5.45. The zero-order valence-corrected chi connectivity index (χ0v) is 44.5. The number of Topliss-reactive ketones (excluding diaryl/α,β-unsaturated/α-hetero) is 1. The summed E-state index contributed by atoms with van der Waals surface area (Å²) < 4.78 is 63.4. The number of aromatic nitrogens is 4. The van der Waals surface area contributed by atoms with E-state index in [1.54, 1.807) is 36.4 Å². The number of rotatable bonds is 13. The number of nitrogen functional groups attached to an aromatic ring is 1. The van der Waals surface area contributed by atoms with Crippen molar-refractivity contribution in [1.82, 2.24) is 19.5 Å². The van der Waals surface area contributed by atoms with Crippen LogP contribution in [-0.4, -0.2) is 84.7 Å². The number of aliphatic hydroxyl groups excluding tert-OH is 2. The number of anilines is 1. The normalized spacial score (nSPS) is 17.1. The van der Waals surface area contributed by atoms with Gasteiger partial charge in [0.05, 0.1) is 30.7 Å². The van der Waals surface area contributed by atoms with Crippen LogP contribution in [-0.2, 0) is 28.2 Å². The van der Waals surface area contributed by atoms with Gasteiger partial charge in [-0.1, -0.05) is 126 Å². The summed E-state index contributed by atoms with van der Waals surface area (Å²) in [5.74, 6) is 0.502. The highest BCUT2D eigenvalue weighted by Gasteiger charge is 2.45. The number of carbonyl (C=O) groups excluding carboxylic acids is 1. The largest absolute Gasteiger partial charge is 0.493 e. The standard InChI is InChI=1S/C26H25N5O7.C16H23F3O.C15H24O/c27-23-20-24(29-12-28-23)31(13-30-20)25-22(34)21(33)19(38-25)11-37-15-5-3-4-14(10-15)8-9-18(32)16-6-1-2-7-17(16)26(35)36;1-14(2,3)10-20-13-8-11(15(4,5)6)7-12(9-13)16(17,18)19;1-14(2,3)11-16-13-9-7-12(8-10-13)15(4,5)6/h1-7,10,12-13,19,21-22,25,33-34H,8-9,11H2,(H,35,36)(H2,27,28,29);7-9H,10H2,1-6H3;7-10H,11H2,1-6H3/t19-,21-,22-,25-;;/m1../s1. The topological polar surface area (TPSA) is 201 Å². The van der Waals surface area contributed by atoms with Gasteiger partial charge in [-0.05, 0) is 93.3 Å². The summed E-state index contributed by atoms with van der Waals surface area (Å²) in [5.41, 5.74) is 8.78. The molecule has 0 bridgehead atoms. The minimum atomic E-state index is -4.36. The predicted molar refractivity (Wildman–Crippen MR) is 279 cm³/mol. The lowest BCUT2D eigenvalue weighted by molar-refractivity contribution is -0.137. The smallest absolute Gasteiger partial charge is 0.416 e. The first-order valence-electron chi connectivity index (χ1n) is 24.4. The average molecular weight is 1030 g/mol. The minimum Gasteiger partial charge on any atom is -0.493 e. The molecule has 0 amide bonds. The van der Waals surface area contributed by atoms with Crippen molar-refractivity contribution in [2.24, 2.45) is 10.8 Å². The molecule has 4 atom stereocenters. The van der Waals surface area contributed by atoms with Gasteiger partial charge in [0.1, 0.15) is 54.0 Å². The van der Waals surface area contributed by atoms with Crippen LogP contribution < -0.4 is 19.9 Å². The summed E-state index contributed by atoms with van der Waals surface area (Å²) in [7, 11) is 0. The second-order valence-electron chi connectivity index (χ2n) is 22.8. The van der Waals surface area contributed by atoms with Crippen LogP contribution in [0.25, 0.3) is 11.2 Å². The molecule has 5 N–H and O–H groups in total. The van der Waals surface area contributed by atoms with Gasteiger partial charge in [-0.25, -0.2) is 19.7 Å². The van der Waals surface area contributed by atoms with Crippen molar-refractivity contribution in [3.05, 3.63) is 137 Å². The lowest BCUT2D eigenvalue weighted by Crippen LogP contribution is -2.34. The molecule has 1 aliphatic heterocycles. The molecule has 3 heterocycles. The second-order valence-corrected chi connectivity index (χ2v) is 22.8. The highest BCUT2D eigenvalue weighted by Crippen LogP contribution is 2.37. The van der Waals surface area contributed by atoms with E-state index in [1.165, 1.54) is 41.0 Å². The van der Waals surface area contributed by atoms with E-state index in [4.69, 9.17) is 24.7 Å². The van der Waals surface area contributed by atoms with Gasteiger partial charge in [0.15, 0.2) is 23.5 Å². The lowest BCUT2D eigenvalue weighted by Gasteiger charge is -2.24. The third-order valence-electron chi connectivity index (χ3n) is 11.6. The van der Waals surface area contributed by atoms with E-state index in [9.17, 15) is 38.1 Å². The fraction of sp³-hybridized carbons (Fsp3) is 0.456. The third-order valence-corrected chi connectivity index (χ3v) is 11.6. The highest BCUT2D eigenvalue weighted by atomic mass is 19.4. The first kappa shape index (κ1) is 58.3. The molecule has 0 saturated carbocycles. The number of nitrogens with zero attached hydrogens (tertiary/aromatic N) is 4. The van der Waals surface area contributed by atoms with E-state index in [2.05, 4.69) is 80.8 Å². The Labute approximate surface area is 432 Å². The van der Waals surface area contributed by atoms with Crippen LogP contribution in [0, 0.1) is 10.8 Å². The maximum absolute atomic E-state index is 13.0. The van der Waals surface area contributed by atoms with Crippen LogP contribution in [0.1, 0.15) is 139 Å². The number of nitrogens with two attached hydrogens (primary N) is 1. The number of aryl methyl sites for hydroxylation is 1. The van der Waals surface area contributed by atoms with E-state index < -0.39 is 42.2 Å². The zero-order chi connectivity index (χ0) is 55.0. The number of imidazole rings is 1. The number of hydrogen-bond donors (Lipinski definition) is 4. The van der Waals surface area contributed by atoms with Crippen LogP contribution in [0.3, 0.4) is 0 Å². The fourth-order valence-electron chi connectivity index (χ4n) is 7.36. The van der Waals surface area contributed by atoms with Crippen molar-refractivity contribution in [2.45, 2.75) is 137 Å². The van der Waals surface area contributed by atoms with Crippen LogP contribution in [0.4, 0.5) is 19.0 Å². The summed E-state index contributed by atoms with van der Waals surface area (Å²) in [5, 5.41) is 30.5. The number of alkyl halides is 3. The van der Waals surface area contributed by atoms with Crippen LogP contribution in [0.5, 0.6) is 17.2 Å². The van der Waals surface area contributed by atoms with Crippen molar-refractivity contribution >= 4 is 28.7 Å². The van der Waals surface area contributed by atoms with E-state index in [-0.39, 0.29) is 63.2 Å². The first-order valence-corrected chi connectivity index (χ1v) is 24.4. The van der Waals surface area contributed by atoms with Gasteiger partial charge in [-0.3, -0.25) is 9.36 Å². The molecule has 400 valence electrons. The Kier molecular flexibility index (Phi) is 18.7.